The molecule has 0 spiro atoms. The third kappa shape index (κ3) is 4.03. The van der Waals surface area contributed by atoms with Crippen molar-refractivity contribution in [3.8, 4) is 5.75 Å². The minimum atomic E-state index is -0.241. The largest absolute Gasteiger partial charge is 0.497 e. The van der Waals surface area contributed by atoms with E-state index in [1.165, 1.54) is 11.3 Å². The zero-order valence-corrected chi connectivity index (χ0v) is 15.5. The van der Waals surface area contributed by atoms with Crippen molar-refractivity contribution in [2.24, 2.45) is 0 Å². The van der Waals surface area contributed by atoms with E-state index in [2.05, 4.69) is 5.32 Å². The second-order valence-corrected chi connectivity index (χ2v) is 6.83. The van der Waals surface area contributed by atoms with Crippen LogP contribution >= 0.6 is 11.3 Å². The average molecular weight is 368 g/mol. The molecule has 0 bridgehead atoms. The first-order valence-electron chi connectivity index (χ1n) is 8.32. The first-order valence-corrected chi connectivity index (χ1v) is 9.14. The van der Waals surface area contributed by atoms with E-state index >= 15 is 0 Å². The molecule has 0 atom stereocenters. The van der Waals surface area contributed by atoms with Crippen LogP contribution in [0.3, 0.4) is 0 Å². The van der Waals surface area contributed by atoms with Crippen LogP contribution < -0.4 is 10.1 Å². The minimum absolute atomic E-state index is 0.000782. The summed E-state index contributed by atoms with van der Waals surface area (Å²) in [5.41, 5.74) is 0.639. The summed E-state index contributed by atoms with van der Waals surface area (Å²) in [6, 6.07) is 16.9. The molecule has 0 saturated heterocycles. The summed E-state index contributed by atoms with van der Waals surface area (Å²) in [7, 11) is 1.57. The Bertz CT molecular complexity index is 902. The van der Waals surface area contributed by atoms with Crippen molar-refractivity contribution in [2.75, 3.05) is 25.5 Å². The Balaban J connectivity index is 1.69. The van der Waals surface area contributed by atoms with Gasteiger partial charge in [-0.2, -0.15) is 0 Å². The molecule has 0 fully saturated rings. The molecule has 0 aliphatic heterocycles. The maximum Gasteiger partial charge on any atom is 0.264 e. The van der Waals surface area contributed by atoms with Gasteiger partial charge in [0.05, 0.1) is 12.0 Å². The van der Waals surface area contributed by atoms with E-state index in [0.29, 0.717) is 22.9 Å². The number of anilines is 1. The van der Waals surface area contributed by atoms with E-state index < -0.39 is 0 Å². The molecule has 5 nitrogen and oxygen atoms in total. The summed E-state index contributed by atoms with van der Waals surface area (Å²) in [5.74, 6) is 0.292. The number of ether oxygens (including phenoxy) is 1. The molecular formula is C20H20N2O3S. The number of carbonyl (C=O) groups is 2. The Morgan fingerprint density at radius 2 is 1.92 bits per heavy atom. The van der Waals surface area contributed by atoms with Gasteiger partial charge >= 0.3 is 0 Å². The van der Waals surface area contributed by atoms with E-state index in [1.807, 2.05) is 37.3 Å². The molecule has 134 valence electrons. The summed E-state index contributed by atoms with van der Waals surface area (Å²) in [5, 5.41) is 3.84. The van der Waals surface area contributed by atoms with Gasteiger partial charge in [0, 0.05) is 23.0 Å². The fourth-order valence-electron chi connectivity index (χ4n) is 2.65. The third-order valence-corrected chi connectivity index (χ3v) is 5.10. The smallest absolute Gasteiger partial charge is 0.264 e. The SMILES string of the molecule is CCN(CC(=O)Nc1cccc(OC)c1)C(=O)c1cc2ccccc2s1. The Labute approximate surface area is 156 Å². The molecule has 26 heavy (non-hydrogen) atoms. The molecule has 3 rings (SSSR count). The molecule has 0 unspecified atom stereocenters. The lowest BCUT2D eigenvalue weighted by atomic mass is 10.2. The minimum Gasteiger partial charge on any atom is -0.497 e. The number of carbonyl (C=O) groups excluding carboxylic acids is 2. The molecule has 0 aliphatic rings. The first kappa shape index (κ1) is 17.9. The molecule has 3 aromatic rings. The van der Waals surface area contributed by atoms with Crippen molar-refractivity contribution in [2.45, 2.75) is 6.92 Å². The topological polar surface area (TPSA) is 58.6 Å². The van der Waals surface area contributed by atoms with E-state index in [4.69, 9.17) is 4.74 Å². The summed E-state index contributed by atoms with van der Waals surface area (Å²) >= 11 is 1.45. The number of methoxy groups -OCH3 is 1. The molecule has 6 heteroatoms. The van der Waals surface area contributed by atoms with Crippen molar-refractivity contribution in [1.29, 1.82) is 0 Å². The van der Waals surface area contributed by atoms with Gasteiger partial charge in [0.2, 0.25) is 5.91 Å². The third-order valence-electron chi connectivity index (χ3n) is 3.99. The Morgan fingerprint density at radius 1 is 1.12 bits per heavy atom. The van der Waals surface area contributed by atoms with E-state index in [9.17, 15) is 9.59 Å². The lowest BCUT2D eigenvalue weighted by molar-refractivity contribution is -0.116. The van der Waals surface area contributed by atoms with Crippen LogP contribution in [0.4, 0.5) is 5.69 Å². The Morgan fingerprint density at radius 3 is 2.65 bits per heavy atom. The van der Waals surface area contributed by atoms with Gasteiger partial charge in [-0.3, -0.25) is 9.59 Å². The molecule has 0 aliphatic carbocycles. The van der Waals surface area contributed by atoms with Gasteiger partial charge in [-0.15, -0.1) is 11.3 Å². The predicted molar refractivity (Wildman–Crippen MR) is 105 cm³/mol. The Hall–Kier alpha value is -2.86. The highest BCUT2D eigenvalue weighted by Crippen LogP contribution is 2.26. The van der Waals surface area contributed by atoms with Gasteiger partial charge < -0.3 is 15.0 Å². The quantitative estimate of drug-likeness (QED) is 0.715. The first-order chi connectivity index (χ1) is 12.6. The second-order valence-electron chi connectivity index (χ2n) is 5.75. The van der Waals surface area contributed by atoms with Crippen molar-refractivity contribution >= 4 is 38.9 Å². The van der Waals surface area contributed by atoms with Crippen LogP contribution in [-0.2, 0) is 4.79 Å². The van der Waals surface area contributed by atoms with Crippen molar-refractivity contribution in [3.05, 3.63) is 59.5 Å². The van der Waals surface area contributed by atoms with Crippen molar-refractivity contribution in [3.63, 3.8) is 0 Å². The maximum atomic E-state index is 12.8. The van der Waals surface area contributed by atoms with Crippen molar-refractivity contribution < 1.29 is 14.3 Å². The highest BCUT2D eigenvalue weighted by Gasteiger charge is 2.19. The Kier molecular flexibility index (Phi) is 5.53. The van der Waals surface area contributed by atoms with Gasteiger partial charge in [0.1, 0.15) is 12.3 Å². The molecule has 1 aromatic heterocycles. The van der Waals surface area contributed by atoms with E-state index in [0.717, 1.165) is 10.1 Å². The number of hydrogen-bond donors (Lipinski definition) is 1. The standard InChI is InChI=1S/C20H20N2O3S/c1-3-22(13-19(23)21-15-8-6-9-16(12-15)25-2)20(24)18-11-14-7-4-5-10-17(14)26-18/h4-12H,3,13H2,1-2H3,(H,21,23). The second kappa shape index (κ2) is 8.01. The molecule has 0 saturated carbocycles. The van der Waals surface area contributed by atoms with Gasteiger partial charge in [-0.1, -0.05) is 24.3 Å². The lowest BCUT2D eigenvalue weighted by Gasteiger charge is -2.19. The lowest BCUT2D eigenvalue weighted by Crippen LogP contribution is -2.37. The summed E-state index contributed by atoms with van der Waals surface area (Å²) in [6.45, 7) is 2.32. The monoisotopic (exact) mass is 368 g/mol. The summed E-state index contributed by atoms with van der Waals surface area (Å²) in [4.78, 5) is 27.3. The molecule has 1 N–H and O–H groups in total. The number of benzene rings is 2. The number of amides is 2. The number of hydrogen-bond acceptors (Lipinski definition) is 4. The summed E-state index contributed by atoms with van der Waals surface area (Å²) in [6.07, 6.45) is 0. The number of fused-ring (bicyclic) bond motifs is 1. The molecular weight excluding hydrogens is 348 g/mol. The number of rotatable bonds is 6. The van der Waals surface area contributed by atoms with Crippen molar-refractivity contribution in [1.82, 2.24) is 4.90 Å². The van der Waals surface area contributed by atoms with Crippen LogP contribution in [0.1, 0.15) is 16.6 Å². The molecule has 2 amide bonds. The van der Waals surface area contributed by atoms with Crippen LogP contribution in [-0.4, -0.2) is 36.9 Å². The normalized spacial score (nSPS) is 10.5. The van der Waals surface area contributed by atoms with Gasteiger partial charge in [-0.25, -0.2) is 0 Å². The zero-order chi connectivity index (χ0) is 18.5. The van der Waals surface area contributed by atoms with Gasteiger partial charge in [-0.05, 0) is 36.6 Å². The predicted octanol–water partition coefficient (Wildman–Crippen LogP) is 4.01. The number of thiophene rings is 1. The number of nitrogens with one attached hydrogen (secondary N) is 1. The number of nitrogens with zero attached hydrogens (tertiary/aromatic N) is 1. The highest BCUT2D eigenvalue weighted by atomic mass is 32.1. The van der Waals surface area contributed by atoms with Crippen LogP contribution in [0.25, 0.3) is 10.1 Å². The molecule has 2 aromatic carbocycles. The molecule has 1 heterocycles. The fraction of sp³-hybridized carbons (Fsp3) is 0.200. The highest BCUT2D eigenvalue weighted by molar-refractivity contribution is 7.20. The van der Waals surface area contributed by atoms with Crippen LogP contribution in [0.5, 0.6) is 5.75 Å². The van der Waals surface area contributed by atoms with Crippen LogP contribution in [0, 0.1) is 0 Å². The van der Waals surface area contributed by atoms with Gasteiger partial charge in [0.15, 0.2) is 0 Å². The van der Waals surface area contributed by atoms with E-state index in [1.54, 1.807) is 36.3 Å². The van der Waals surface area contributed by atoms with Gasteiger partial charge in [0.25, 0.3) is 5.91 Å². The molecule has 0 radical (unpaired) electrons. The van der Waals surface area contributed by atoms with Crippen LogP contribution in [0.2, 0.25) is 0 Å². The number of likely N-dealkylation sites (N-methyl/N-ethyl adjacent to an activating group) is 1. The fourth-order valence-corrected chi connectivity index (χ4v) is 3.68. The average Bonchev–Trinajstić information content (AvgIpc) is 3.10. The van der Waals surface area contributed by atoms with E-state index in [-0.39, 0.29) is 18.4 Å². The van der Waals surface area contributed by atoms with Crippen LogP contribution in [0.15, 0.2) is 54.6 Å². The summed E-state index contributed by atoms with van der Waals surface area (Å²) < 4.78 is 6.21. The maximum absolute atomic E-state index is 12.8. The zero-order valence-electron chi connectivity index (χ0n) is 14.7.